The summed E-state index contributed by atoms with van der Waals surface area (Å²) in [6.07, 6.45) is 1.36. The minimum Gasteiger partial charge on any atom is -0.399 e. The number of hydrogen-bond donors (Lipinski definition) is 1. The number of amides is 2. The maximum Gasteiger partial charge on any atom is 0.256 e. The van der Waals surface area contributed by atoms with Gasteiger partial charge in [0.05, 0.1) is 6.54 Å². The van der Waals surface area contributed by atoms with Gasteiger partial charge in [-0.1, -0.05) is 12.1 Å². The maximum absolute atomic E-state index is 11.6. The Morgan fingerprint density at radius 1 is 1.19 bits per heavy atom. The standard InChI is InChI=1S/C12H12N2O2/c1-8-6-11(15)14(12(8)16)7-9-2-4-10(13)5-3-9/h2-6H,7,13H2,1H3. The van der Waals surface area contributed by atoms with Crippen molar-refractivity contribution in [3.63, 3.8) is 0 Å². The molecule has 1 aromatic rings. The Kier molecular flexibility index (Phi) is 2.48. The first-order chi connectivity index (χ1) is 7.58. The Labute approximate surface area is 93.3 Å². The van der Waals surface area contributed by atoms with Gasteiger partial charge in [-0.05, 0) is 24.6 Å². The van der Waals surface area contributed by atoms with Crippen LogP contribution in [0.2, 0.25) is 0 Å². The first-order valence-electron chi connectivity index (χ1n) is 4.96. The zero-order valence-corrected chi connectivity index (χ0v) is 8.93. The van der Waals surface area contributed by atoms with E-state index in [0.29, 0.717) is 17.8 Å². The van der Waals surface area contributed by atoms with Crippen LogP contribution in [0.15, 0.2) is 35.9 Å². The van der Waals surface area contributed by atoms with Gasteiger partial charge < -0.3 is 5.73 Å². The summed E-state index contributed by atoms with van der Waals surface area (Å²) in [5.74, 6) is -0.471. The number of carbonyl (C=O) groups excluding carboxylic acids is 2. The highest BCUT2D eigenvalue weighted by Crippen LogP contribution is 2.16. The van der Waals surface area contributed by atoms with Crippen LogP contribution in [0.5, 0.6) is 0 Å². The fourth-order valence-corrected chi connectivity index (χ4v) is 1.59. The summed E-state index contributed by atoms with van der Waals surface area (Å²) >= 11 is 0. The van der Waals surface area contributed by atoms with Gasteiger partial charge in [-0.3, -0.25) is 14.5 Å². The lowest BCUT2D eigenvalue weighted by molar-refractivity contribution is -0.137. The minimum absolute atomic E-state index is 0.221. The molecule has 0 saturated heterocycles. The van der Waals surface area contributed by atoms with Gasteiger partial charge in [-0.2, -0.15) is 0 Å². The summed E-state index contributed by atoms with van der Waals surface area (Å²) in [7, 11) is 0. The van der Waals surface area contributed by atoms with Crippen LogP contribution in [0.25, 0.3) is 0 Å². The molecular formula is C12H12N2O2. The van der Waals surface area contributed by atoms with Crippen molar-refractivity contribution in [3.05, 3.63) is 41.5 Å². The average molecular weight is 216 g/mol. The molecule has 16 heavy (non-hydrogen) atoms. The Balaban J connectivity index is 2.15. The summed E-state index contributed by atoms with van der Waals surface area (Å²) in [4.78, 5) is 24.3. The van der Waals surface area contributed by atoms with Crippen molar-refractivity contribution in [2.75, 3.05) is 5.73 Å². The molecule has 0 bridgehead atoms. The van der Waals surface area contributed by atoms with E-state index >= 15 is 0 Å². The largest absolute Gasteiger partial charge is 0.399 e. The fraction of sp³-hybridized carbons (Fsp3) is 0.167. The normalized spacial score (nSPS) is 15.6. The van der Waals surface area contributed by atoms with Gasteiger partial charge in [0.25, 0.3) is 11.8 Å². The van der Waals surface area contributed by atoms with Crippen molar-refractivity contribution in [2.45, 2.75) is 13.5 Å². The molecule has 1 aliphatic heterocycles. The number of anilines is 1. The van der Waals surface area contributed by atoms with Crippen molar-refractivity contribution in [1.82, 2.24) is 4.90 Å². The highest BCUT2D eigenvalue weighted by molar-refractivity contribution is 6.15. The quantitative estimate of drug-likeness (QED) is 0.594. The van der Waals surface area contributed by atoms with Crippen LogP contribution < -0.4 is 5.73 Å². The second-order valence-corrected chi connectivity index (χ2v) is 3.80. The van der Waals surface area contributed by atoms with Gasteiger partial charge >= 0.3 is 0 Å². The van der Waals surface area contributed by atoms with Crippen LogP contribution in [0.1, 0.15) is 12.5 Å². The second-order valence-electron chi connectivity index (χ2n) is 3.80. The van der Waals surface area contributed by atoms with Crippen LogP contribution in [-0.4, -0.2) is 16.7 Å². The van der Waals surface area contributed by atoms with E-state index in [1.165, 1.54) is 11.0 Å². The molecule has 0 aliphatic carbocycles. The Morgan fingerprint density at radius 2 is 1.81 bits per heavy atom. The van der Waals surface area contributed by atoms with Crippen LogP contribution in [0.3, 0.4) is 0 Å². The van der Waals surface area contributed by atoms with Crippen LogP contribution in [-0.2, 0) is 16.1 Å². The molecule has 0 fully saturated rings. The summed E-state index contributed by atoms with van der Waals surface area (Å²) in [5, 5.41) is 0. The molecule has 0 saturated carbocycles. The highest BCUT2D eigenvalue weighted by atomic mass is 16.2. The van der Waals surface area contributed by atoms with Gasteiger partial charge in [0, 0.05) is 17.3 Å². The Bertz CT molecular complexity index is 474. The lowest BCUT2D eigenvalue weighted by Gasteiger charge is -2.14. The predicted molar refractivity (Wildman–Crippen MR) is 60.2 cm³/mol. The molecular weight excluding hydrogens is 204 g/mol. The number of nitrogens with two attached hydrogens (primary N) is 1. The van der Waals surface area contributed by atoms with Gasteiger partial charge in [0.2, 0.25) is 0 Å². The molecule has 0 aromatic heterocycles. The minimum atomic E-state index is -0.251. The predicted octanol–water partition coefficient (Wildman–Crippen LogP) is 1.08. The van der Waals surface area contributed by atoms with Crippen molar-refractivity contribution in [3.8, 4) is 0 Å². The molecule has 0 radical (unpaired) electrons. The van der Waals surface area contributed by atoms with Gasteiger partial charge in [-0.15, -0.1) is 0 Å². The molecule has 1 aliphatic rings. The van der Waals surface area contributed by atoms with E-state index in [-0.39, 0.29) is 11.8 Å². The monoisotopic (exact) mass is 216 g/mol. The second kappa shape index (κ2) is 3.81. The number of imide groups is 1. The number of carbonyl (C=O) groups is 2. The van der Waals surface area contributed by atoms with E-state index in [2.05, 4.69) is 0 Å². The van der Waals surface area contributed by atoms with Crippen LogP contribution >= 0.6 is 0 Å². The molecule has 2 rings (SSSR count). The fourth-order valence-electron chi connectivity index (χ4n) is 1.59. The van der Waals surface area contributed by atoms with E-state index in [1.807, 2.05) is 12.1 Å². The van der Waals surface area contributed by atoms with E-state index in [0.717, 1.165) is 5.56 Å². The molecule has 0 unspecified atom stereocenters. The number of nitrogens with zero attached hydrogens (tertiary/aromatic N) is 1. The third-order valence-corrected chi connectivity index (χ3v) is 2.51. The van der Waals surface area contributed by atoms with Crippen molar-refractivity contribution < 1.29 is 9.59 Å². The molecule has 0 atom stereocenters. The third-order valence-electron chi connectivity index (χ3n) is 2.51. The Hall–Kier alpha value is -2.10. The number of rotatable bonds is 2. The van der Waals surface area contributed by atoms with Gasteiger partial charge in [0.1, 0.15) is 0 Å². The van der Waals surface area contributed by atoms with E-state index in [1.54, 1.807) is 19.1 Å². The number of benzene rings is 1. The summed E-state index contributed by atoms with van der Waals surface area (Å²) in [6.45, 7) is 1.94. The van der Waals surface area contributed by atoms with E-state index < -0.39 is 0 Å². The molecule has 2 N–H and O–H groups in total. The number of hydrogen-bond acceptors (Lipinski definition) is 3. The first kappa shape index (κ1) is 10.4. The maximum atomic E-state index is 11.6. The zero-order chi connectivity index (χ0) is 11.7. The smallest absolute Gasteiger partial charge is 0.256 e. The van der Waals surface area contributed by atoms with Crippen molar-refractivity contribution in [1.29, 1.82) is 0 Å². The van der Waals surface area contributed by atoms with Crippen LogP contribution in [0.4, 0.5) is 5.69 Å². The van der Waals surface area contributed by atoms with E-state index in [9.17, 15) is 9.59 Å². The topological polar surface area (TPSA) is 63.4 Å². The SMILES string of the molecule is CC1=CC(=O)N(Cc2ccc(N)cc2)C1=O. The number of nitrogen functional groups attached to an aromatic ring is 1. The molecule has 1 heterocycles. The van der Waals surface area contributed by atoms with Crippen molar-refractivity contribution in [2.24, 2.45) is 0 Å². The molecule has 1 aromatic carbocycles. The average Bonchev–Trinajstić information content (AvgIpc) is 2.48. The van der Waals surface area contributed by atoms with Crippen molar-refractivity contribution >= 4 is 17.5 Å². The summed E-state index contributed by atoms with van der Waals surface area (Å²) in [6, 6.07) is 7.12. The molecule has 4 heteroatoms. The molecule has 4 nitrogen and oxygen atoms in total. The third kappa shape index (κ3) is 1.82. The molecule has 0 spiro atoms. The Morgan fingerprint density at radius 3 is 2.31 bits per heavy atom. The zero-order valence-electron chi connectivity index (χ0n) is 8.93. The van der Waals surface area contributed by atoms with E-state index in [4.69, 9.17) is 5.73 Å². The molecule has 2 amide bonds. The summed E-state index contributed by atoms with van der Waals surface area (Å²) in [5.41, 5.74) is 7.59. The first-order valence-corrected chi connectivity index (χ1v) is 4.96. The molecule has 82 valence electrons. The highest BCUT2D eigenvalue weighted by Gasteiger charge is 2.27. The summed E-state index contributed by atoms with van der Waals surface area (Å²) < 4.78 is 0. The van der Waals surface area contributed by atoms with Gasteiger partial charge in [-0.25, -0.2) is 0 Å². The van der Waals surface area contributed by atoms with Gasteiger partial charge in [0.15, 0.2) is 0 Å². The van der Waals surface area contributed by atoms with Crippen LogP contribution in [0, 0.1) is 0 Å². The lowest BCUT2D eigenvalue weighted by Crippen LogP contribution is -2.30. The lowest BCUT2D eigenvalue weighted by atomic mass is 10.2.